The van der Waals surface area contributed by atoms with Crippen LogP contribution in [0.3, 0.4) is 0 Å². The molecular formula is C23H29FN2O2. The standard InChI is InChI=1S/C23H29FN2O2/c1-15-21(23(15,2)17-8-6-5-7-9-17)22(28)25-14-18(26(3)4)12-16-10-11-20(27)19(24)13-16/h5-11,13,15,18,21,27H,12,14H2,1-4H3,(H,25,28)/t15-,18-,21-,23+/m0/s1. The van der Waals surface area contributed by atoms with E-state index in [4.69, 9.17) is 0 Å². The molecule has 3 rings (SSSR count). The first-order valence-electron chi connectivity index (χ1n) is 9.72. The van der Waals surface area contributed by atoms with E-state index in [1.54, 1.807) is 6.07 Å². The maximum atomic E-state index is 13.6. The van der Waals surface area contributed by atoms with Crippen molar-refractivity contribution in [2.75, 3.05) is 20.6 Å². The van der Waals surface area contributed by atoms with E-state index in [1.165, 1.54) is 17.7 Å². The quantitative estimate of drug-likeness (QED) is 0.770. The number of aromatic hydroxyl groups is 1. The third-order valence-electron chi connectivity index (χ3n) is 6.39. The SMILES string of the molecule is C[C@H]1[C@@H](C(=O)NC[C@H](Cc2ccc(O)c(F)c2)N(C)C)[C@@]1(C)c1ccccc1. The fourth-order valence-corrected chi connectivity index (χ4v) is 4.18. The van der Waals surface area contributed by atoms with Crippen molar-refractivity contribution >= 4 is 5.91 Å². The molecule has 2 aromatic rings. The van der Waals surface area contributed by atoms with Crippen molar-refractivity contribution in [3.05, 3.63) is 65.5 Å². The summed E-state index contributed by atoms with van der Waals surface area (Å²) < 4.78 is 13.6. The predicted octanol–water partition coefficient (Wildman–Crippen LogP) is 3.34. The Morgan fingerprint density at radius 1 is 1.25 bits per heavy atom. The van der Waals surface area contributed by atoms with Gasteiger partial charge in [0.2, 0.25) is 5.91 Å². The van der Waals surface area contributed by atoms with Crippen LogP contribution in [-0.2, 0) is 16.6 Å². The summed E-state index contributed by atoms with van der Waals surface area (Å²) >= 11 is 0. The van der Waals surface area contributed by atoms with Crippen LogP contribution in [0.25, 0.3) is 0 Å². The van der Waals surface area contributed by atoms with Crippen LogP contribution in [0.5, 0.6) is 5.75 Å². The lowest BCUT2D eigenvalue weighted by atomic mass is 9.94. The number of carbonyl (C=O) groups excluding carboxylic acids is 1. The Hall–Kier alpha value is -2.40. The Bertz CT molecular complexity index is 840. The first kappa shape index (κ1) is 20.3. The third kappa shape index (κ3) is 3.90. The van der Waals surface area contributed by atoms with Crippen LogP contribution >= 0.6 is 0 Å². The molecule has 0 bridgehead atoms. The molecule has 150 valence electrons. The van der Waals surface area contributed by atoms with Gasteiger partial charge < -0.3 is 15.3 Å². The summed E-state index contributed by atoms with van der Waals surface area (Å²) in [5.74, 6) is -0.642. The van der Waals surface area contributed by atoms with E-state index < -0.39 is 5.82 Å². The Morgan fingerprint density at radius 3 is 2.54 bits per heavy atom. The Balaban J connectivity index is 1.62. The van der Waals surface area contributed by atoms with E-state index in [1.807, 2.05) is 37.2 Å². The number of nitrogens with one attached hydrogen (secondary N) is 1. The zero-order valence-corrected chi connectivity index (χ0v) is 16.9. The summed E-state index contributed by atoms with van der Waals surface area (Å²) in [7, 11) is 3.89. The molecule has 1 aliphatic rings. The topological polar surface area (TPSA) is 52.6 Å². The Kier molecular flexibility index (Phi) is 5.75. The molecule has 2 N–H and O–H groups in total. The second kappa shape index (κ2) is 7.92. The van der Waals surface area contributed by atoms with Gasteiger partial charge >= 0.3 is 0 Å². The van der Waals surface area contributed by atoms with Crippen LogP contribution in [0.2, 0.25) is 0 Å². The normalized spacial score (nSPS) is 24.8. The van der Waals surface area contributed by atoms with E-state index >= 15 is 0 Å². The molecule has 1 amide bonds. The monoisotopic (exact) mass is 384 g/mol. The zero-order chi connectivity index (χ0) is 20.5. The number of hydrogen-bond donors (Lipinski definition) is 2. The molecule has 0 radical (unpaired) electrons. The van der Waals surface area contributed by atoms with Crippen molar-refractivity contribution in [2.24, 2.45) is 11.8 Å². The van der Waals surface area contributed by atoms with Crippen LogP contribution in [0.4, 0.5) is 4.39 Å². The van der Waals surface area contributed by atoms with Gasteiger partial charge in [-0.2, -0.15) is 0 Å². The largest absolute Gasteiger partial charge is 0.505 e. The molecule has 28 heavy (non-hydrogen) atoms. The summed E-state index contributed by atoms with van der Waals surface area (Å²) in [5.41, 5.74) is 1.86. The number of carbonyl (C=O) groups is 1. The molecule has 0 aromatic heterocycles. The van der Waals surface area contributed by atoms with E-state index in [0.717, 1.165) is 5.56 Å². The number of nitrogens with zero attached hydrogens (tertiary/aromatic N) is 1. The van der Waals surface area contributed by atoms with Crippen molar-refractivity contribution < 1.29 is 14.3 Å². The van der Waals surface area contributed by atoms with E-state index in [9.17, 15) is 14.3 Å². The van der Waals surface area contributed by atoms with Gasteiger partial charge in [0.15, 0.2) is 11.6 Å². The maximum Gasteiger partial charge on any atom is 0.224 e. The molecule has 2 aromatic carbocycles. The zero-order valence-electron chi connectivity index (χ0n) is 16.9. The number of phenolic OH excluding ortho intramolecular Hbond substituents is 1. The number of rotatable bonds is 7. The molecule has 1 fully saturated rings. The van der Waals surface area contributed by atoms with E-state index in [2.05, 4.69) is 31.3 Å². The minimum Gasteiger partial charge on any atom is -0.505 e. The van der Waals surface area contributed by atoms with Crippen LogP contribution in [0.1, 0.15) is 25.0 Å². The summed E-state index contributed by atoms with van der Waals surface area (Å²) in [6.45, 7) is 4.77. The van der Waals surface area contributed by atoms with Gasteiger partial charge in [0.25, 0.3) is 0 Å². The van der Waals surface area contributed by atoms with Crippen molar-refractivity contribution in [2.45, 2.75) is 31.7 Å². The van der Waals surface area contributed by atoms with Gasteiger partial charge in [-0.25, -0.2) is 4.39 Å². The molecule has 0 heterocycles. The van der Waals surface area contributed by atoms with Gasteiger partial charge in [0, 0.05) is 18.0 Å². The first-order chi connectivity index (χ1) is 13.2. The number of benzene rings is 2. The fraction of sp³-hybridized carbons (Fsp3) is 0.435. The minimum absolute atomic E-state index is 0.0323. The molecular weight excluding hydrogens is 355 g/mol. The highest BCUT2D eigenvalue weighted by Gasteiger charge is 2.62. The molecule has 0 unspecified atom stereocenters. The van der Waals surface area contributed by atoms with Gasteiger partial charge in [0.05, 0.1) is 5.92 Å². The molecule has 0 saturated heterocycles. The van der Waals surface area contributed by atoms with Crippen LogP contribution in [0.15, 0.2) is 48.5 Å². The van der Waals surface area contributed by atoms with E-state index in [-0.39, 0.29) is 29.0 Å². The number of amides is 1. The lowest BCUT2D eigenvalue weighted by molar-refractivity contribution is -0.123. The average Bonchev–Trinajstić information content (AvgIpc) is 3.24. The van der Waals surface area contributed by atoms with Crippen molar-refractivity contribution in [3.63, 3.8) is 0 Å². The summed E-state index contributed by atoms with van der Waals surface area (Å²) in [4.78, 5) is 14.9. The summed E-state index contributed by atoms with van der Waals surface area (Å²) in [6, 6.07) is 14.7. The third-order valence-corrected chi connectivity index (χ3v) is 6.39. The van der Waals surface area contributed by atoms with Crippen molar-refractivity contribution in [1.82, 2.24) is 10.2 Å². The molecule has 1 saturated carbocycles. The Labute approximate surface area is 166 Å². The molecule has 0 spiro atoms. The van der Waals surface area contributed by atoms with Gasteiger partial charge in [-0.15, -0.1) is 0 Å². The van der Waals surface area contributed by atoms with Crippen LogP contribution in [-0.4, -0.2) is 42.6 Å². The maximum absolute atomic E-state index is 13.6. The number of likely N-dealkylation sites (N-methyl/N-ethyl adjacent to an activating group) is 1. The highest BCUT2D eigenvalue weighted by molar-refractivity contribution is 5.85. The molecule has 0 aliphatic heterocycles. The summed E-state index contributed by atoms with van der Waals surface area (Å²) in [6.07, 6.45) is 0.584. The molecule has 4 atom stereocenters. The number of halogens is 1. The highest BCUT2D eigenvalue weighted by atomic mass is 19.1. The van der Waals surface area contributed by atoms with Gasteiger partial charge in [0.1, 0.15) is 0 Å². The predicted molar refractivity (Wildman–Crippen MR) is 109 cm³/mol. The minimum atomic E-state index is -0.621. The molecule has 1 aliphatic carbocycles. The lowest BCUT2D eigenvalue weighted by Crippen LogP contribution is -2.42. The molecule has 5 heteroatoms. The van der Waals surface area contributed by atoms with Crippen molar-refractivity contribution in [1.29, 1.82) is 0 Å². The first-order valence-corrected chi connectivity index (χ1v) is 9.72. The fourth-order valence-electron chi connectivity index (χ4n) is 4.18. The van der Waals surface area contributed by atoms with E-state index in [0.29, 0.717) is 18.9 Å². The summed E-state index contributed by atoms with van der Waals surface area (Å²) in [5, 5.41) is 12.5. The smallest absolute Gasteiger partial charge is 0.224 e. The van der Waals surface area contributed by atoms with Gasteiger partial charge in [-0.05, 0) is 49.7 Å². The van der Waals surface area contributed by atoms with Crippen molar-refractivity contribution in [3.8, 4) is 5.75 Å². The lowest BCUT2D eigenvalue weighted by Gasteiger charge is -2.25. The highest BCUT2D eigenvalue weighted by Crippen LogP contribution is 2.59. The Morgan fingerprint density at radius 2 is 1.93 bits per heavy atom. The molecule has 4 nitrogen and oxygen atoms in total. The van der Waals surface area contributed by atoms with Gasteiger partial charge in [-0.3, -0.25) is 4.79 Å². The van der Waals surface area contributed by atoms with Gasteiger partial charge in [-0.1, -0.05) is 50.2 Å². The number of hydrogen-bond acceptors (Lipinski definition) is 3. The second-order valence-electron chi connectivity index (χ2n) is 8.27. The van der Waals surface area contributed by atoms with Crippen LogP contribution < -0.4 is 5.32 Å². The average molecular weight is 384 g/mol. The number of phenols is 1. The van der Waals surface area contributed by atoms with Crippen LogP contribution in [0, 0.1) is 17.7 Å². The second-order valence-corrected chi connectivity index (χ2v) is 8.27.